The highest BCUT2D eigenvalue weighted by Crippen LogP contribution is 2.18. The molecule has 0 saturated carbocycles. The van der Waals surface area contributed by atoms with Gasteiger partial charge in [0.05, 0.1) is 0 Å². The van der Waals surface area contributed by atoms with Gasteiger partial charge in [0.25, 0.3) is 0 Å². The van der Waals surface area contributed by atoms with Crippen molar-refractivity contribution in [2.75, 3.05) is 6.54 Å². The summed E-state index contributed by atoms with van der Waals surface area (Å²) in [7, 11) is 0. The Balaban J connectivity index is 1.89. The normalized spacial score (nSPS) is 12.6. The lowest BCUT2D eigenvalue weighted by Gasteiger charge is -2.16. The van der Waals surface area contributed by atoms with Crippen LogP contribution in [0.1, 0.15) is 35.5 Å². The minimum Gasteiger partial charge on any atom is -0.310 e. The average molecular weight is 244 g/mol. The Kier molecular flexibility index (Phi) is 4.10. The number of hydrogen-bond donors (Lipinski definition) is 2. The van der Waals surface area contributed by atoms with Gasteiger partial charge in [-0.05, 0) is 31.9 Å². The van der Waals surface area contributed by atoms with Gasteiger partial charge in [0, 0.05) is 19.0 Å². The molecule has 0 saturated heterocycles. The second kappa shape index (κ2) is 5.78. The second-order valence-corrected chi connectivity index (χ2v) is 4.72. The number of aromatic nitrogens is 3. The summed E-state index contributed by atoms with van der Waals surface area (Å²) in [5.41, 5.74) is 4.01. The van der Waals surface area contributed by atoms with Crippen molar-refractivity contribution in [3.05, 3.63) is 47.0 Å². The van der Waals surface area contributed by atoms with Crippen LogP contribution in [-0.2, 0) is 6.42 Å². The summed E-state index contributed by atoms with van der Waals surface area (Å²) in [5.74, 6) is 0.926. The topological polar surface area (TPSA) is 53.6 Å². The summed E-state index contributed by atoms with van der Waals surface area (Å²) in [6.45, 7) is 7.37. The molecule has 1 unspecified atom stereocenters. The van der Waals surface area contributed by atoms with E-state index in [4.69, 9.17) is 0 Å². The van der Waals surface area contributed by atoms with Crippen LogP contribution >= 0.6 is 0 Å². The van der Waals surface area contributed by atoms with Gasteiger partial charge >= 0.3 is 0 Å². The van der Waals surface area contributed by atoms with Crippen LogP contribution in [-0.4, -0.2) is 21.7 Å². The number of benzene rings is 1. The number of H-pyrrole nitrogens is 1. The fraction of sp³-hybridized carbons (Fsp3) is 0.429. The molecule has 2 aromatic rings. The van der Waals surface area contributed by atoms with Gasteiger partial charge in [-0.2, -0.15) is 5.10 Å². The quantitative estimate of drug-likeness (QED) is 0.848. The van der Waals surface area contributed by atoms with E-state index in [1.807, 2.05) is 0 Å². The third-order valence-corrected chi connectivity index (χ3v) is 3.17. The van der Waals surface area contributed by atoms with Crippen molar-refractivity contribution in [1.29, 1.82) is 0 Å². The van der Waals surface area contributed by atoms with Crippen LogP contribution in [0.15, 0.2) is 24.5 Å². The van der Waals surface area contributed by atoms with Gasteiger partial charge in [-0.1, -0.05) is 23.8 Å². The van der Waals surface area contributed by atoms with Gasteiger partial charge in [-0.15, -0.1) is 0 Å². The minimum atomic E-state index is 0.355. The minimum absolute atomic E-state index is 0.355. The number of nitrogens with zero attached hydrogens (tertiary/aromatic N) is 2. The standard InChI is InChI=1S/C14H20N4/c1-10-4-5-13(11(2)8-10)12(3)15-7-6-14-16-9-17-18-14/h4-5,8-9,12,15H,6-7H2,1-3H3,(H,16,17,18). The van der Waals surface area contributed by atoms with E-state index in [1.165, 1.54) is 16.7 Å². The lowest BCUT2D eigenvalue weighted by atomic mass is 10.0. The Morgan fingerprint density at radius 2 is 2.17 bits per heavy atom. The lowest BCUT2D eigenvalue weighted by Crippen LogP contribution is -2.22. The van der Waals surface area contributed by atoms with Crippen molar-refractivity contribution < 1.29 is 0 Å². The monoisotopic (exact) mass is 244 g/mol. The lowest BCUT2D eigenvalue weighted by molar-refractivity contribution is 0.568. The summed E-state index contributed by atoms with van der Waals surface area (Å²) in [6.07, 6.45) is 2.41. The third-order valence-electron chi connectivity index (χ3n) is 3.17. The van der Waals surface area contributed by atoms with Gasteiger partial charge < -0.3 is 5.32 Å². The maximum absolute atomic E-state index is 4.11. The molecule has 2 rings (SSSR count). The maximum Gasteiger partial charge on any atom is 0.137 e. The van der Waals surface area contributed by atoms with E-state index >= 15 is 0 Å². The van der Waals surface area contributed by atoms with E-state index in [0.717, 1.165) is 18.8 Å². The van der Waals surface area contributed by atoms with Crippen LogP contribution in [0.5, 0.6) is 0 Å². The molecular formula is C14H20N4. The van der Waals surface area contributed by atoms with E-state index in [2.05, 4.69) is 59.5 Å². The molecule has 0 aliphatic carbocycles. The largest absolute Gasteiger partial charge is 0.310 e. The molecule has 1 aromatic heterocycles. The second-order valence-electron chi connectivity index (χ2n) is 4.72. The first-order valence-corrected chi connectivity index (χ1v) is 6.31. The molecule has 0 fully saturated rings. The highest BCUT2D eigenvalue weighted by Gasteiger charge is 2.07. The molecule has 1 heterocycles. The molecule has 18 heavy (non-hydrogen) atoms. The molecule has 0 amide bonds. The molecule has 0 aliphatic heterocycles. The number of aryl methyl sites for hydroxylation is 2. The predicted molar refractivity (Wildman–Crippen MR) is 72.4 cm³/mol. The Bertz CT molecular complexity index is 491. The van der Waals surface area contributed by atoms with Crippen LogP contribution in [0.25, 0.3) is 0 Å². The Morgan fingerprint density at radius 1 is 1.33 bits per heavy atom. The Morgan fingerprint density at radius 3 is 2.83 bits per heavy atom. The number of aromatic amines is 1. The molecule has 1 aromatic carbocycles. The first kappa shape index (κ1) is 12.8. The van der Waals surface area contributed by atoms with E-state index in [-0.39, 0.29) is 0 Å². The fourth-order valence-electron chi connectivity index (χ4n) is 2.18. The first-order valence-electron chi connectivity index (χ1n) is 6.31. The highest BCUT2D eigenvalue weighted by atomic mass is 15.2. The van der Waals surface area contributed by atoms with E-state index in [1.54, 1.807) is 6.33 Å². The van der Waals surface area contributed by atoms with Crippen molar-refractivity contribution in [3.63, 3.8) is 0 Å². The zero-order valence-corrected chi connectivity index (χ0v) is 11.2. The number of nitrogens with one attached hydrogen (secondary N) is 2. The van der Waals surface area contributed by atoms with Crippen LogP contribution < -0.4 is 5.32 Å². The molecule has 2 N–H and O–H groups in total. The van der Waals surface area contributed by atoms with Crippen molar-refractivity contribution in [2.45, 2.75) is 33.2 Å². The van der Waals surface area contributed by atoms with Crippen LogP contribution in [0.3, 0.4) is 0 Å². The fourth-order valence-corrected chi connectivity index (χ4v) is 2.18. The smallest absolute Gasteiger partial charge is 0.137 e. The van der Waals surface area contributed by atoms with Crippen LogP contribution in [0, 0.1) is 13.8 Å². The van der Waals surface area contributed by atoms with Crippen molar-refractivity contribution in [1.82, 2.24) is 20.5 Å². The predicted octanol–water partition coefficient (Wildman–Crippen LogP) is 2.31. The SMILES string of the molecule is Cc1ccc(C(C)NCCc2ncn[nH]2)c(C)c1. The number of rotatable bonds is 5. The third kappa shape index (κ3) is 3.17. The van der Waals surface area contributed by atoms with Crippen molar-refractivity contribution in [3.8, 4) is 0 Å². The summed E-state index contributed by atoms with van der Waals surface area (Å²) in [6, 6.07) is 6.95. The highest BCUT2D eigenvalue weighted by molar-refractivity contribution is 5.32. The summed E-state index contributed by atoms with van der Waals surface area (Å²) < 4.78 is 0. The maximum atomic E-state index is 4.11. The molecular weight excluding hydrogens is 224 g/mol. The molecule has 96 valence electrons. The van der Waals surface area contributed by atoms with E-state index < -0.39 is 0 Å². The molecule has 0 radical (unpaired) electrons. The molecule has 4 heteroatoms. The van der Waals surface area contributed by atoms with Crippen molar-refractivity contribution >= 4 is 0 Å². The van der Waals surface area contributed by atoms with E-state index in [0.29, 0.717) is 6.04 Å². The molecule has 4 nitrogen and oxygen atoms in total. The molecule has 0 bridgehead atoms. The van der Waals surface area contributed by atoms with Gasteiger partial charge in [-0.25, -0.2) is 4.98 Å². The van der Waals surface area contributed by atoms with Crippen LogP contribution in [0.2, 0.25) is 0 Å². The van der Waals surface area contributed by atoms with Crippen LogP contribution in [0.4, 0.5) is 0 Å². The van der Waals surface area contributed by atoms with Crippen molar-refractivity contribution in [2.24, 2.45) is 0 Å². The summed E-state index contributed by atoms with van der Waals surface area (Å²) >= 11 is 0. The molecule has 1 atom stereocenters. The van der Waals surface area contributed by atoms with Gasteiger partial charge in [-0.3, -0.25) is 5.10 Å². The Labute approximate surface area is 108 Å². The Hall–Kier alpha value is -1.68. The summed E-state index contributed by atoms with van der Waals surface area (Å²) in [4.78, 5) is 4.11. The number of hydrogen-bond acceptors (Lipinski definition) is 3. The molecule has 0 spiro atoms. The molecule has 0 aliphatic rings. The van der Waals surface area contributed by atoms with Gasteiger partial charge in [0.1, 0.15) is 12.2 Å². The zero-order valence-electron chi connectivity index (χ0n) is 11.2. The van der Waals surface area contributed by atoms with Gasteiger partial charge in [0.15, 0.2) is 0 Å². The summed E-state index contributed by atoms with van der Waals surface area (Å²) in [5, 5.41) is 10.2. The van der Waals surface area contributed by atoms with E-state index in [9.17, 15) is 0 Å². The van der Waals surface area contributed by atoms with Gasteiger partial charge in [0.2, 0.25) is 0 Å². The average Bonchev–Trinajstić information content (AvgIpc) is 2.81. The zero-order chi connectivity index (χ0) is 13.0. The first-order chi connectivity index (χ1) is 8.66.